The normalized spacial score (nSPS) is 44.5. The second-order valence-electron chi connectivity index (χ2n) is 7.10. The Bertz CT molecular complexity index is 514. The third-order valence-electron chi connectivity index (χ3n) is 4.66. The number of carbonyl (C=O) groups is 1. The minimum Gasteiger partial charge on any atom is -0.454 e. The summed E-state index contributed by atoms with van der Waals surface area (Å²) in [4.78, 5) is 11.9. The minimum absolute atomic E-state index is 0.576. The van der Waals surface area contributed by atoms with Crippen LogP contribution >= 0.6 is 0 Å². The molecule has 0 amide bonds. The van der Waals surface area contributed by atoms with E-state index in [4.69, 9.17) is 18.9 Å². The summed E-state index contributed by atoms with van der Waals surface area (Å²) in [6, 6.07) is 0. The van der Waals surface area contributed by atoms with E-state index in [0.29, 0.717) is 0 Å². The van der Waals surface area contributed by atoms with Crippen molar-refractivity contribution in [2.24, 2.45) is 5.92 Å². The van der Waals surface area contributed by atoms with Crippen LogP contribution in [0, 0.1) is 5.92 Å². The molecule has 12 nitrogen and oxygen atoms in total. The molecule has 2 heterocycles. The van der Waals surface area contributed by atoms with E-state index in [1.165, 1.54) is 0 Å². The summed E-state index contributed by atoms with van der Waals surface area (Å²) in [6.45, 7) is 1.69. The van der Waals surface area contributed by atoms with Gasteiger partial charge in [-0.05, 0) is 0 Å². The van der Waals surface area contributed by atoms with E-state index in [2.05, 4.69) is 0 Å². The van der Waals surface area contributed by atoms with Crippen molar-refractivity contribution < 1.29 is 59.5 Å². The van der Waals surface area contributed by atoms with Crippen LogP contribution < -0.4 is 0 Å². The Kier molecular flexibility index (Phi) is 8.10. The molecule has 0 aliphatic carbocycles. The highest BCUT2D eigenvalue weighted by Crippen LogP contribution is 2.29. The van der Waals surface area contributed by atoms with Gasteiger partial charge in [0.2, 0.25) is 6.29 Å². The summed E-state index contributed by atoms with van der Waals surface area (Å²) >= 11 is 0. The Labute approximate surface area is 160 Å². The molecule has 7 N–H and O–H groups in total. The number of aliphatic hydroxyl groups is 7. The van der Waals surface area contributed by atoms with Gasteiger partial charge in [-0.3, -0.25) is 4.79 Å². The zero-order chi connectivity index (χ0) is 21.2. The predicted molar refractivity (Wildman–Crippen MR) is 87.3 cm³/mol. The Hall–Kier alpha value is -0.930. The zero-order valence-corrected chi connectivity index (χ0v) is 15.4. The Morgan fingerprint density at radius 2 is 1.32 bits per heavy atom. The fraction of sp³-hybridized carbons (Fsp3) is 0.938. The van der Waals surface area contributed by atoms with Crippen molar-refractivity contribution in [3.8, 4) is 0 Å². The molecule has 0 aromatic carbocycles. The van der Waals surface area contributed by atoms with Gasteiger partial charge >= 0.3 is 5.97 Å². The summed E-state index contributed by atoms with van der Waals surface area (Å²) < 4.78 is 21.1. The molecule has 2 fully saturated rings. The number of carbonyl (C=O) groups excluding carboxylic acids is 1. The highest BCUT2D eigenvalue weighted by molar-refractivity contribution is 5.71. The molecular formula is C16H28O12. The van der Waals surface area contributed by atoms with Crippen LogP contribution in [-0.2, 0) is 23.7 Å². The molecule has 0 spiro atoms. The molecule has 2 aliphatic heterocycles. The van der Waals surface area contributed by atoms with Gasteiger partial charge in [0.15, 0.2) is 12.4 Å². The van der Waals surface area contributed by atoms with Gasteiger partial charge in [0, 0.05) is 0 Å². The topological polar surface area (TPSA) is 196 Å². The monoisotopic (exact) mass is 412 g/mol. The highest BCUT2D eigenvalue weighted by atomic mass is 16.8. The lowest BCUT2D eigenvalue weighted by atomic mass is 9.98. The van der Waals surface area contributed by atoms with Crippen molar-refractivity contribution in [2.45, 2.75) is 75.3 Å². The number of ether oxygens (including phenoxy) is 4. The summed E-state index contributed by atoms with van der Waals surface area (Å²) in [5.74, 6) is -1.31. The van der Waals surface area contributed by atoms with Crippen LogP contribution in [0.4, 0.5) is 0 Å². The molecule has 12 heteroatoms. The van der Waals surface area contributed by atoms with E-state index in [1.54, 1.807) is 13.8 Å². The van der Waals surface area contributed by atoms with Crippen molar-refractivity contribution in [2.75, 3.05) is 13.2 Å². The molecule has 0 unspecified atom stereocenters. The zero-order valence-electron chi connectivity index (χ0n) is 15.4. The molecule has 0 radical (unpaired) electrons. The SMILES string of the molecule is CC(C)C(=O)O[C@H]1[C@@H](O[C@H]2O[C@H](CO)[C@@H](O)[C@H](O)[C@H]2O)O[C@H](CO)[C@@H](O)[C@@H]1O. The lowest BCUT2D eigenvalue weighted by Crippen LogP contribution is -2.64. The van der Waals surface area contributed by atoms with Crippen LogP contribution in [0.2, 0.25) is 0 Å². The quantitative estimate of drug-likeness (QED) is 0.208. The molecule has 10 atom stereocenters. The van der Waals surface area contributed by atoms with Crippen LogP contribution in [-0.4, -0.2) is 116 Å². The number of hydrogen-bond acceptors (Lipinski definition) is 12. The first-order valence-corrected chi connectivity index (χ1v) is 8.91. The third kappa shape index (κ3) is 4.79. The smallest absolute Gasteiger partial charge is 0.308 e. The fourth-order valence-corrected chi connectivity index (χ4v) is 2.87. The van der Waals surface area contributed by atoms with Crippen molar-refractivity contribution in [3.63, 3.8) is 0 Å². The van der Waals surface area contributed by atoms with Crippen molar-refractivity contribution in [1.29, 1.82) is 0 Å². The van der Waals surface area contributed by atoms with Crippen LogP contribution in [0.15, 0.2) is 0 Å². The van der Waals surface area contributed by atoms with E-state index in [1.807, 2.05) is 0 Å². The lowest BCUT2D eigenvalue weighted by molar-refractivity contribution is -0.377. The summed E-state index contributed by atoms with van der Waals surface area (Å²) in [5, 5.41) is 68.6. The molecule has 0 bridgehead atoms. The van der Waals surface area contributed by atoms with Crippen LogP contribution in [0.25, 0.3) is 0 Å². The maximum Gasteiger partial charge on any atom is 0.308 e. The minimum atomic E-state index is -1.76. The van der Waals surface area contributed by atoms with Crippen LogP contribution in [0.3, 0.4) is 0 Å². The number of rotatable bonds is 6. The Morgan fingerprint density at radius 1 is 0.821 bits per heavy atom. The summed E-state index contributed by atoms with van der Waals surface area (Å²) in [5.41, 5.74) is 0. The second-order valence-corrected chi connectivity index (χ2v) is 7.10. The van der Waals surface area contributed by atoms with E-state index in [9.17, 15) is 40.5 Å². The molecule has 164 valence electrons. The third-order valence-corrected chi connectivity index (χ3v) is 4.66. The maximum absolute atomic E-state index is 11.9. The number of esters is 1. The molecule has 0 aromatic rings. The average molecular weight is 412 g/mol. The van der Waals surface area contributed by atoms with E-state index in [-0.39, 0.29) is 0 Å². The number of aliphatic hydroxyl groups excluding tert-OH is 7. The van der Waals surface area contributed by atoms with E-state index >= 15 is 0 Å². The predicted octanol–water partition coefficient (Wildman–Crippen LogP) is -4.19. The molecule has 0 aromatic heterocycles. The first kappa shape index (κ1) is 23.3. The first-order valence-electron chi connectivity index (χ1n) is 8.91. The summed E-state index contributed by atoms with van der Waals surface area (Å²) in [6.07, 6.45) is -15.7. The van der Waals surface area contributed by atoms with Gasteiger partial charge in [-0.25, -0.2) is 0 Å². The van der Waals surface area contributed by atoms with Gasteiger partial charge in [0.25, 0.3) is 0 Å². The molecular weight excluding hydrogens is 384 g/mol. The van der Waals surface area contributed by atoms with Gasteiger partial charge < -0.3 is 54.7 Å². The standard InChI is InChI=1S/C16H28O12/c1-5(2)14(24)27-13-11(22)9(20)7(4-18)26-16(13)28-15-12(23)10(21)8(19)6(3-17)25-15/h5-13,15-23H,3-4H2,1-2H3/t6-,7-,8-,9-,10+,11+,12-,13-,15-,16-/m1/s1. The first-order chi connectivity index (χ1) is 13.1. The lowest BCUT2D eigenvalue weighted by Gasteiger charge is -2.45. The van der Waals surface area contributed by atoms with Gasteiger partial charge in [0.05, 0.1) is 19.1 Å². The molecule has 2 rings (SSSR count). The van der Waals surface area contributed by atoms with Gasteiger partial charge in [-0.2, -0.15) is 0 Å². The maximum atomic E-state index is 11.9. The van der Waals surface area contributed by atoms with Gasteiger partial charge in [-0.15, -0.1) is 0 Å². The highest BCUT2D eigenvalue weighted by Gasteiger charge is 2.51. The average Bonchev–Trinajstić information content (AvgIpc) is 2.67. The van der Waals surface area contributed by atoms with E-state index in [0.717, 1.165) is 0 Å². The van der Waals surface area contributed by atoms with Crippen molar-refractivity contribution in [3.05, 3.63) is 0 Å². The van der Waals surface area contributed by atoms with Gasteiger partial charge in [-0.1, -0.05) is 13.8 Å². The van der Waals surface area contributed by atoms with E-state index < -0.39 is 86.5 Å². The van der Waals surface area contributed by atoms with Crippen molar-refractivity contribution in [1.82, 2.24) is 0 Å². The molecule has 0 saturated carbocycles. The largest absolute Gasteiger partial charge is 0.454 e. The number of hydrogen-bond donors (Lipinski definition) is 7. The van der Waals surface area contributed by atoms with Crippen molar-refractivity contribution >= 4 is 5.97 Å². The van der Waals surface area contributed by atoms with Gasteiger partial charge in [0.1, 0.15) is 42.7 Å². The van der Waals surface area contributed by atoms with Crippen LogP contribution in [0.5, 0.6) is 0 Å². The fourth-order valence-electron chi connectivity index (χ4n) is 2.87. The molecule has 2 saturated heterocycles. The Balaban J connectivity index is 2.21. The Morgan fingerprint density at radius 3 is 1.82 bits per heavy atom. The second kappa shape index (κ2) is 9.71. The molecule has 28 heavy (non-hydrogen) atoms. The molecule has 2 aliphatic rings. The van der Waals surface area contributed by atoms with Crippen LogP contribution in [0.1, 0.15) is 13.8 Å². The summed E-state index contributed by atoms with van der Waals surface area (Å²) in [7, 11) is 0.